The Labute approximate surface area is 104 Å². The first-order valence-corrected chi connectivity index (χ1v) is 6.03. The molecule has 1 atom stereocenters. The molecule has 92 valence electrons. The molecule has 1 aromatic heterocycles. The predicted octanol–water partition coefficient (Wildman–Crippen LogP) is 1.33. The summed E-state index contributed by atoms with van der Waals surface area (Å²) in [5.41, 5.74) is 6.99. The highest BCUT2D eigenvalue weighted by Crippen LogP contribution is 2.22. The maximum atomic E-state index is 6.04. The summed E-state index contributed by atoms with van der Waals surface area (Å²) in [5.74, 6) is 0. The van der Waals surface area contributed by atoms with Crippen LogP contribution in [-0.2, 0) is 16.0 Å². The molecule has 0 saturated heterocycles. The summed E-state index contributed by atoms with van der Waals surface area (Å²) >= 11 is 3.44. The molecule has 0 amide bonds. The second-order valence-electron chi connectivity index (χ2n) is 3.36. The number of methoxy groups -OCH3 is 1. The first-order chi connectivity index (χ1) is 7.70. The van der Waals surface area contributed by atoms with E-state index in [0.29, 0.717) is 26.4 Å². The molecule has 0 fully saturated rings. The number of nitrogens with two attached hydrogens (primary N) is 1. The fraction of sp³-hybridized carbons (Fsp3) is 0.700. The minimum Gasteiger partial charge on any atom is -0.383 e. The monoisotopic (exact) mass is 291 g/mol. The Kier molecular flexibility index (Phi) is 5.97. The van der Waals surface area contributed by atoms with Crippen molar-refractivity contribution in [2.24, 2.45) is 5.73 Å². The van der Waals surface area contributed by atoms with Gasteiger partial charge in [-0.15, -0.1) is 0 Å². The van der Waals surface area contributed by atoms with Crippen molar-refractivity contribution in [3.63, 3.8) is 0 Å². The first-order valence-electron chi connectivity index (χ1n) is 5.24. The van der Waals surface area contributed by atoms with E-state index in [1.54, 1.807) is 13.3 Å². The second kappa shape index (κ2) is 7.01. The Bertz CT molecular complexity index is 317. The third kappa shape index (κ3) is 3.55. The van der Waals surface area contributed by atoms with E-state index in [9.17, 15) is 0 Å². The predicted molar refractivity (Wildman–Crippen MR) is 65.2 cm³/mol. The van der Waals surface area contributed by atoms with E-state index in [1.807, 2.05) is 11.6 Å². The zero-order chi connectivity index (χ0) is 12.0. The van der Waals surface area contributed by atoms with E-state index >= 15 is 0 Å². The third-order valence-corrected chi connectivity index (χ3v) is 2.80. The molecule has 0 aliphatic heterocycles. The maximum Gasteiger partial charge on any atom is 0.0718 e. The van der Waals surface area contributed by atoms with Crippen molar-refractivity contribution in [3.05, 3.63) is 16.4 Å². The van der Waals surface area contributed by atoms with Gasteiger partial charge in [0.15, 0.2) is 0 Å². The Morgan fingerprint density at radius 2 is 2.38 bits per heavy atom. The van der Waals surface area contributed by atoms with Gasteiger partial charge in [0.1, 0.15) is 0 Å². The van der Waals surface area contributed by atoms with Crippen molar-refractivity contribution in [1.82, 2.24) is 9.78 Å². The number of ether oxygens (including phenoxy) is 2. The highest BCUT2D eigenvalue weighted by molar-refractivity contribution is 9.10. The second-order valence-corrected chi connectivity index (χ2v) is 4.21. The lowest BCUT2D eigenvalue weighted by Gasteiger charge is -2.14. The van der Waals surface area contributed by atoms with Crippen LogP contribution in [0.4, 0.5) is 0 Å². The molecule has 0 saturated carbocycles. The Morgan fingerprint density at radius 3 is 3.00 bits per heavy atom. The Morgan fingerprint density at radius 1 is 1.62 bits per heavy atom. The van der Waals surface area contributed by atoms with Crippen LogP contribution in [0.25, 0.3) is 0 Å². The van der Waals surface area contributed by atoms with Crippen LogP contribution in [-0.4, -0.2) is 36.7 Å². The van der Waals surface area contributed by atoms with Gasteiger partial charge in [-0.3, -0.25) is 4.68 Å². The molecule has 0 aromatic carbocycles. The van der Waals surface area contributed by atoms with Gasteiger partial charge in [-0.25, -0.2) is 0 Å². The van der Waals surface area contributed by atoms with E-state index in [4.69, 9.17) is 15.2 Å². The lowest BCUT2D eigenvalue weighted by Crippen LogP contribution is -2.22. The van der Waals surface area contributed by atoms with E-state index in [-0.39, 0.29) is 6.04 Å². The lowest BCUT2D eigenvalue weighted by molar-refractivity contribution is 0.129. The molecular formula is C10H18BrN3O2. The zero-order valence-corrected chi connectivity index (χ0v) is 11.2. The largest absolute Gasteiger partial charge is 0.383 e. The first kappa shape index (κ1) is 13.6. The van der Waals surface area contributed by atoms with Gasteiger partial charge < -0.3 is 15.2 Å². The fourth-order valence-electron chi connectivity index (χ4n) is 1.42. The molecule has 0 spiro atoms. The van der Waals surface area contributed by atoms with Crippen LogP contribution in [0.15, 0.2) is 10.7 Å². The minimum absolute atomic E-state index is 0.173. The molecule has 1 rings (SSSR count). The van der Waals surface area contributed by atoms with Gasteiger partial charge in [-0.2, -0.15) is 5.10 Å². The van der Waals surface area contributed by atoms with Gasteiger partial charge in [-0.05, 0) is 22.9 Å². The van der Waals surface area contributed by atoms with Crippen molar-refractivity contribution in [2.45, 2.75) is 19.5 Å². The Balaban J connectivity index is 2.71. The van der Waals surface area contributed by atoms with Gasteiger partial charge in [0.2, 0.25) is 0 Å². The highest BCUT2D eigenvalue weighted by atomic mass is 79.9. The van der Waals surface area contributed by atoms with Gasteiger partial charge in [0.05, 0.1) is 42.2 Å². The van der Waals surface area contributed by atoms with Gasteiger partial charge >= 0.3 is 0 Å². The molecule has 6 heteroatoms. The van der Waals surface area contributed by atoms with Crippen LogP contribution in [0.5, 0.6) is 0 Å². The molecule has 0 aliphatic carbocycles. The smallest absolute Gasteiger partial charge is 0.0718 e. The molecule has 1 heterocycles. The Hall–Kier alpha value is -0.430. The van der Waals surface area contributed by atoms with Crippen LogP contribution < -0.4 is 5.73 Å². The molecule has 16 heavy (non-hydrogen) atoms. The average Bonchev–Trinajstić information content (AvgIpc) is 2.64. The maximum absolute atomic E-state index is 6.04. The number of rotatable bonds is 7. The van der Waals surface area contributed by atoms with Crippen LogP contribution in [0.3, 0.4) is 0 Å². The van der Waals surface area contributed by atoms with E-state index in [1.165, 1.54) is 0 Å². The number of hydrogen-bond donors (Lipinski definition) is 1. The normalized spacial score (nSPS) is 13.0. The van der Waals surface area contributed by atoms with E-state index in [0.717, 1.165) is 10.2 Å². The summed E-state index contributed by atoms with van der Waals surface area (Å²) < 4.78 is 13.1. The number of hydrogen-bond acceptors (Lipinski definition) is 4. The highest BCUT2D eigenvalue weighted by Gasteiger charge is 2.16. The van der Waals surface area contributed by atoms with E-state index < -0.39 is 0 Å². The third-order valence-electron chi connectivity index (χ3n) is 2.19. The summed E-state index contributed by atoms with van der Waals surface area (Å²) in [7, 11) is 1.67. The lowest BCUT2D eigenvalue weighted by atomic mass is 10.2. The minimum atomic E-state index is -0.173. The van der Waals surface area contributed by atoms with Gasteiger partial charge in [-0.1, -0.05) is 0 Å². The zero-order valence-electron chi connectivity index (χ0n) is 9.65. The molecule has 5 nitrogen and oxygen atoms in total. The molecule has 1 unspecified atom stereocenters. The topological polar surface area (TPSA) is 62.3 Å². The summed E-state index contributed by atoms with van der Waals surface area (Å²) in [6.07, 6.45) is 1.75. The van der Waals surface area contributed by atoms with Crippen LogP contribution in [0.1, 0.15) is 18.7 Å². The van der Waals surface area contributed by atoms with Crippen LogP contribution in [0, 0.1) is 0 Å². The number of nitrogens with zero attached hydrogens (tertiary/aromatic N) is 2. The van der Waals surface area contributed by atoms with Crippen molar-refractivity contribution in [3.8, 4) is 0 Å². The molecule has 1 aromatic rings. The summed E-state index contributed by atoms with van der Waals surface area (Å²) in [5, 5.41) is 4.24. The fourth-order valence-corrected chi connectivity index (χ4v) is 2.01. The van der Waals surface area contributed by atoms with Crippen LogP contribution >= 0.6 is 15.9 Å². The van der Waals surface area contributed by atoms with Gasteiger partial charge in [0.25, 0.3) is 0 Å². The number of halogens is 1. The SMILES string of the molecule is CCOCC(N)c1c(Br)cnn1CCOC. The van der Waals surface area contributed by atoms with Crippen molar-refractivity contribution < 1.29 is 9.47 Å². The molecule has 0 radical (unpaired) electrons. The summed E-state index contributed by atoms with van der Waals surface area (Å²) in [4.78, 5) is 0. The van der Waals surface area contributed by atoms with Crippen molar-refractivity contribution in [1.29, 1.82) is 0 Å². The summed E-state index contributed by atoms with van der Waals surface area (Å²) in [6.45, 7) is 4.41. The number of aromatic nitrogens is 2. The van der Waals surface area contributed by atoms with Gasteiger partial charge in [0, 0.05) is 13.7 Å². The standard InChI is InChI=1S/C10H18BrN3O2/c1-3-16-7-9(12)10-8(11)6-13-14(10)4-5-15-2/h6,9H,3-5,7,12H2,1-2H3. The average molecular weight is 292 g/mol. The quantitative estimate of drug-likeness (QED) is 0.823. The summed E-state index contributed by atoms with van der Waals surface area (Å²) in [6, 6.07) is -0.173. The van der Waals surface area contributed by atoms with Crippen molar-refractivity contribution >= 4 is 15.9 Å². The van der Waals surface area contributed by atoms with Crippen LogP contribution in [0.2, 0.25) is 0 Å². The molecule has 2 N–H and O–H groups in total. The van der Waals surface area contributed by atoms with Crippen molar-refractivity contribution in [2.75, 3.05) is 26.9 Å². The van der Waals surface area contributed by atoms with E-state index in [2.05, 4.69) is 21.0 Å². The molecule has 0 aliphatic rings. The molecular weight excluding hydrogens is 274 g/mol. The molecule has 0 bridgehead atoms.